The molecule has 42 heavy (non-hydrogen) atoms. The molecule has 0 aromatic heterocycles. The van der Waals surface area contributed by atoms with Crippen LogP contribution in [0.15, 0.2) is 0 Å². The van der Waals surface area contributed by atoms with E-state index in [2.05, 4.69) is 6.92 Å². The van der Waals surface area contributed by atoms with Crippen molar-refractivity contribution < 1.29 is 57.8 Å². The molecule has 2 saturated heterocycles. The molecule has 2 aliphatic rings. The van der Waals surface area contributed by atoms with Gasteiger partial charge in [-0.25, -0.2) is 0 Å². The zero-order valence-corrected chi connectivity index (χ0v) is 26.0. The molecule has 2 aliphatic heterocycles. The highest BCUT2D eigenvalue weighted by molar-refractivity contribution is 5.69. The minimum atomic E-state index is -1.41. The number of carbonyl (C=O) groups is 3. The smallest absolute Gasteiger partial charge is 0.306 e. The van der Waals surface area contributed by atoms with E-state index in [1.165, 1.54) is 6.42 Å². The average molecular weight is 605 g/mol. The van der Waals surface area contributed by atoms with Crippen LogP contribution in [0.5, 0.6) is 0 Å². The van der Waals surface area contributed by atoms with Crippen LogP contribution in [0.3, 0.4) is 0 Å². The van der Waals surface area contributed by atoms with Gasteiger partial charge in [0.1, 0.15) is 18.3 Å². The fourth-order valence-electron chi connectivity index (χ4n) is 5.15. The Labute approximate surface area is 249 Å². The number of esters is 3. The van der Waals surface area contributed by atoms with E-state index < -0.39 is 79.3 Å². The lowest BCUT2D eigenvalue weighted by Gasteiger charge is -2.47. The summed E-state index contributed by atoms with van der Waals surface area (Å²) in [6, 6.07) is 0. The first kappa shape index (κ1) is 36.4. The molecule has 0 aliphatic carbocycles. The Morgan fingerprint density at radius 1 is 0.643 bits per heavy atom. The summed E-state index contributed by atoms with van der Waals surface area (Å²) in [6.45, 7) is 10.1. The molecule has 0 aromatic carbocycles. The van der Waals surface area contributed by atoms with Gasteiger partial charge in [-0.1, -0.05) is 58.8 Å². The van der Waals surface area contributed by atoms with Crippen LogP contribution in [0.4, 0.5) is 0 Å². The fourth-order valence-corrected chi connectivity index (χ4v) is 5.15. The van der Waals surface area contributed by atoms with Gasteiger partial charge in [0.15, 0.2) is 30.9 Å². The summed E-state index contributed by atoms with van der Waals surface area (Å²) >= 11 is 0. The molecule has 244 valence electrons. The first-order chi connectivity index (χ1) is 20.0. The van der Waals surface area contributed by atoms with Crippen LogP contribution < -0.4 is 0 Å². The van der Waals surface area contributed by atoms with Gasteiger partial charge < -0.3 is 43.4 Å². The zero-order chi connectivity index (χ0) is 31.2. The summed E-state index contributed by atoms with van der Waals surface area (Å²) in [5, 5.41) is 22.1. The van der Waals surface area contributed by atoms with Crippen LogP contribution in [0.25, 0.3) is 0 Å². The first-order valence-corrected chi connectivity index (χ1v) is 15.5. The molecule has 0 radical (unpaired) electrons. The highest BCUT2D eigenvalue weighted by Crippen LogP contribution is 2.33. The van der Waals surface area contributed by atoms with E-state index in [-0.39, 0.29) is 6.42 Å². The van der Waals surface area contributed by atoms with Crippen molar-refractivity contribution in [2.45, 2.75) is 167 Å². The van der Waals surface area contributed by atoms with Crippen molar-refractivity contribution in [3.63, 3.8) is 0 Å². The lowest BCUT2D eigenvalue weighted by atomic mass is 9.97. The maximum Gasteiger partial charge on any atom is 0.306 e. The van der Waals surface area contributed by atoms with E-state index in [1.54, 1.807) is 13.8 Å². The molecule has 0 saturated carbocycles. The van der Waals surface area contributed by atoms with Crippen LogP contribution in [0.2, 0.25) is 0 Å². The fraction of sp³-hybridized carbons (Fsp3) is 0.900. The Kier molecular flexibility index (Phi) is 16.2. The van der Waals surface area contributed by atoms with Crippen molar-refractivity contribution in [3.05, 3.63) is 0 Å². The van der Waals surface area contributed by atoms with Crippen LogP contribution in [-0.2, 0) is 47.5 Å². The number of ether oxygens (including phenoxy) is 7. The van der Waals surface area contributed by atoms with Gasteiger partial charge in [0.05, 0.1) is 12.2 Å². The maximum atomic E-state index is 12.7. The molecule has 2 rings (SSSR count). The van der Waals surface area contributed by atoms with Gasteiger partial charge >= 0.3 is 17.9 Å². The SMILES string of the molecule is CCCCCCCCO[C@@H]1O[C@@H](C)[C@H](OC(=O)CCCCC)[C@@H](O[C@@H]2O[C@@H](C)[C@H](O)[C@@H](OC(C)=O)[C@H]2OC(C)=O)[C@H]1O. The van der Waals surface area contributed by atoms with Crippen LogP contribution in [-0.4, -0.2) is 96.1 Å². The summed E-state index contributed by atoms with van der Waals surface area (Å²) in [5.41, 5.74) is 0. The third-order valence-corrected chi connectivity index (χ3v) is 7.44. The van der Waals surface area contributed by atoms with E-state index >= 15 is 0 Å². The topological polar surface area (TPSA) is 156 Å². The molecular formula is C30H52O12. The third-order valence-electron chi connectivity index (χ3n) is 7.44. The Morgan fingerprint density at radius 3 is 1.86 bits per heavy atom. The van der Waals surface area contributed by atoms with Gasteiger partial charge in [0.25, 0.3) is 0 Å². The van der Waals surface area contributed by atoms with Crippen molar-refractivity contribution in [1.82, 2.24) is 0 Å². The van der Waals surface area contributed by atoms with Gasteiger partial charge in [-0.05, 0) is 26.7 Å². The molecule has 0 bridgehead atoms. The summed E-state index contributed by atoms with van der Waals surface area (Å²) in [4.78, 5) is 36.5. The van der Waals surface area contributed by atoms with E-state index in [9.17, 15) is 24.6 Å². The minimum absolute atomic E-state index is 0.186. The van der Waals surface area contributed by atoms with Gasteiger partial charge in [-0.15, -0.1) is 0 Å². The number of carbonyl (C=O) groups excluding carboxylic acids is 3. The standard InChI is InChI=1S/C30H52O12/c1-7-9-11-12-13-15-17-36-29-24(35)27(25(19(4)38-29)41-22(33)16-14-10-8-2)42-30-28(40-21(6)32)26(39-20(5)31)23(34)18(3)37-30/h18-19,23-30,34-35H,7-17H2,1-6H3/t18-,19-,23-,24+,25-,26+,27-,28+,29+,30-/m0/s1. The summed E-state index contributed by atoms with van der Waals surface area (Å²) in [7, 11) is 0. The Balaban J connectivity index is 2.25. The average Bonchev–Trinajstić information content (AvgIpc) is 2.92. The Bertz CT molecular complexity index is 822. The van der Waals surface area contributed by atoms with E-state index in [4.69, 9.17) is 33.2 Å². The minimum Gasteiger partial charge on any atom is -0.457 e. The van der Waals surface area contributed by atoms with Crippen molar-refractivity contribution >= 4 is 17.9 Å². The second-order valence-corrected chi connectivity index (χ2v) is 11.2. The molecule has 10 atom stereocenters. The van der Waals surface area contributed by atoms with E-state index in [1.807, 2.05) is 6.92 Å². The number of hydrogen-bond donors (Lipinski definition) is 2. The second kappa shape index (κ2) is 18.7. The quantitative estimate of drug-likeness (QED) is 0.142. The summed E-state index contributed by atoms with van der Waals surface area (Å²) in [5.74, 6) is -1.90. The third kappa shape index (κ3) is 11.3. The first-order valence-electron chi connectivity index (χ1n) is 15.5. The lowest BCUT2D eigenvalue weighted by molar-refractivity contribution is -0.355. The predicted octanol–water partition coefficient (Wildman–Crippen LogP) is 3.32. The van der Waals surface area contributed by atoms with Gasteiger partial charge in [0.2, 0.25) is 0 Å². The molecule has 12 nitrogen and oxygen atoms in total. The Morgan fingerprint density at radius 2 is 1.21 bits per heavy atom. The molecule has 0 amide bonds. The number of rotatable bonds is 17. The second-order valence-electron chi connectivity index (χ2n) is 11.2. The molecule has 0 aromatic rings. The normalized spacial score (nSPS) is 33.1. The number of aliphatic hydroxyl groups excluding tert-OH is 2. The summed E-state index contributed by atoms with van der Waals surface area (Å²) in [6.07, 6.45) is -2.79. The van der Waals surface area contributed by atoms with Gasteiger partial charge in [0, 0.05) is 26.9 Å². The highest BCUT2D eigenvalue weighted by Gasteiger charge is 2.53. The van der Waals surface area contributed by atoms with Crippen molar-refractivity contribution in [1.29, 1.82) is 0 Å². The molecule has 2 N–H and O–H groups in total. The molecule has 0 spiro atoms. The van der Waals surface area contributed by atoms with Crippen molar-refractivity contribution in [3.8, 4) is 0 Å². The van der Waals surface area contributed by atoms with Crippen LogP contribution in [0, 0.1) is 0 Å². The molecule has 2 heterocycles. The summed E-state index contributed by atoms with van der Waals surface area (Å²) < 4.78 is 40.3. The molecule has 0 unspecified atom stereocenters. The number of hydrogen-bond acceptors (Lipinski definition) is 12. The van der Waals surface area contributed by atoms with Gasteiger partial charge in [-0.2, -0.15) is 0 Å². The van der Waals surface area contributed by atoms with Crippen molar-refractivity contribution in [2.24, 2.45) is 0 Å². The Hall–Kier alpha value is -1.83. The lowest BCUT2D eigenvalue weighted by Crippen LogP contribution is -2.65. The van der Waals surface area contributed by atoms with Crippen LogP contribution in [0.1, 0.15) is 106 Å². The van der Waals surface area contributed by atoms with Crippen molar-refractivity contribution in [2.75, 3.05) is 6.61 Å². The molecule has 2 fully saturated rings. The predicted molar refractivity (Wildman–Crippen MR) is 150 cm³/mol. The van der Waals surface area contributed by atoms with E-state index in [0.717, 1.165) is 58.8 Å². The highest BCUT2D eigenvalue weighted by atomic mass is 16.8. The largest absolute Gasteiger partial charge is 0.457 e. The van der Waals surface area contributed by atoms with Crippen LogP contribution >= 0.6 is 0 Å². The molecular weight excluding hydrogens is 552 g/mol. The number of aliphatic hydroxyl groups is 2. The maximum absolute atomic E-state index is 12.7. The molecule has 12 heteroatoms. The number of unbranched alkanes of at least 4 members (excludes halogenated alkanes) is 7. The van der Waals surface area contributed by atoms with E-state index in [0.29, 0.717) is 13.0 Å². The van der Waals surface area contributed by atoms with Gasteiger partial charge in [-0.3, -0.25) is 14.4 Å². The zero-order valence-electron chi connectivity index (χ0n) is 26.0. The monoisotopic (exact) mass is 604 g/mol.